The number of anilines is 1. The van der Waals surface area contributed by atoms with Crippen molar-refractivity contribution in [2.24, 2.45) is 5.92 Å². The number of nitrogens with zero attached hydrogens (tertiary/aromatic N) is 2. The average molecular weight is 442 g/mol. The quantitative estimate of drug-likeness (QED) is 0.658. The fourth-order valence-electron chi connectivity index (χ4n) is 5.29. The first kappa shape index (κ1) is 22.6. The number of hydrogen-bond donors (Lipinski definition) is 1. The SMILES string of the molecule is COc1ccc2c(c1)NCC2C(=O)C(=O)N(CC(=O)N1CCCCC1)CC1CCCCC1. The number of carbonyl (C=O) groups is 3. The molecule has 0 spiro atoms. The Bertz CT molecular complexity index is 844. The summed E-state index contributed by atoms with van der Waals surface area (Å²) in [7, 11) is 1.60. The van der Waals surface area contributed by atoms with Crippen molar-refractivity contribution in [2.75, 3.05) is 45.2 Å². The maximum atomic E-state index is 13.4. The minimum absolute atomic E-state index is 0.0106. The minimum Gasteiger partial charge on any atom is -0.497 e. The van der Waals surface area contributed by atoms with Crippen molar-refractivity contribution < 1.29 is 19.1 Å². The summed E-state index contributed by atoms with van der Waals surface area (Å²) in [6, 6.07) is 5.53. The molecule has 7 nitrogen and oxygen atoms in total. The molecule has 2 fully saturated rings. The highest BCUT2D eigenvalue weighted by molar-refractivity contribution is 6.38. The second-order valence-corrected chi connectivity index (χ2v) is 9.38. The smallest absolute Gasteiger partial charge is 0.291 e. The fraction of sp³-hybridized carbons (Fsp3) is 0.640. The van der Waals surface area contributed by atoms with E-state index in [2.05, 4.69) is 5.32 Å². The van der Waals surface area contributed by atoms with Gasteiger partial charge in [-0.1, -0.05) is 25.3 Å². The molecular weight excluding hydrogens is 406 g/mol. The van der Waals surface area contributed by atoms with Gasteiger partial charge in [0.25, 0.3) is 5.91 Å². The van der Waals surface area contributed by atoms with Gasteiger partial charge in [-0.05, 0) is 49.7 Å². The Kier molecular flexibility index (Phi) is 7.33. The second kappa shape index (κ2) is 10.4. The number of ether oxygens (including phenoxy) is 1. The Labute approximate surface area is 190 Å². The van der Waals surface area contributed by atoms with Crippen LogP contribution in [0.5, 0.6) is 5.75 Å². The molecule has 1 aromatic carbocycles. The van der Waals surface area contributed by atoms with Gasteiger partial charge in [-0.15, -0.1) is 0 Å². The largest absolute Gasteiger partial charge is 0.497 e. The first-order valence-corrected chi connectivity index (χ1v) is 12.1. The van der Waals surface area contributed by atoms with Crippen LogP contribution in [0, 0.1) is 5.92 Å². The number of hydrogen-bond acceptors (Lipinski definition) is 5. The van der Waals surface area contributed by atoms with Crippen LogP contribution in [-0.4, -0.2) is 67.2 Å². The molecule has 2 aliphatic heterocycles. The Morgan fingerprint density at radius 2 is 1.78 bits per heavy atom. The standard InChI is InChI=1S/C25H35N3O4/c1-32-19-10-11-20-21(15-26-22(20)14-19)24(30)25(31)28(16-18-8-4-2-5-9-18)17-23(29)27-12-6-3-7-13-27/h10-11,14,18,21,26H,2-9,12-13,15-17H2,1H3. The molecule has 174 valence electrons. The highest BCUT2D eigenvalue weighted by Crippen LogP contribution is 2.35. The third-order valence-electron chi connectivity index (χ3n) is 7.19. The maximum absolute atomic E-state index is 13.4. The van der Waals surface area contributed by atoms with Crippen LogP contribution in [0.2, 0.25) is 0 Å². The Hall–Kier alpha value is -2.57. The molecule has 2 heterocycles. The van der Waals surface area contributed by atoms with Crippen LogP contribution in [0.1, 0.15) is 62.8 Å². The van der Waals surface area contributed by atoms with Crippen molar-refractivity contribution >= 4 is 23.3 Å². The van der Waals surface area contributed by atoms with Gasteiger partial charge in [0.05, 0.1) is 13.0 Å². The van der Waals surface area contributed by atoms with E-state index in [0.717, 1.165) is 69.3 Å². The molecule has 0 radical (unpaired) electrons. The monoisotopic (exact) mass is 441 g/mol. The van der Waals surface area contributed by atoms with Crippen molar-refractivity contribution in [3.8, 4) is 5.75 Å². The summed E-state index contributed by atoms with van der Waals surface area (Å²) in [4.78, 5) is 43.1. The van der Waals surface area contributed by atoms with E-state index in [1.54, 1.807) is 12.0 Å². The van der Waals surface area contributed by atoms with Crippen LogP contribution in [0.4, 0.5) is 5.69 Å². The minimum atomic E-state index is -0.526. The molecule has 4 rings (SSSR count). The zero-order valence-electron chi connectivity index (χ0n) is 19.1. The van der Waals surface area contributed by atoms with Crippen LogP contribution in [0.25, 0.3) is 0 Å². The highest BCUT2D eigenvalue weighted by Gasteiger charge is 2.37. The van der Waals surface area contributed by atoms with E-state index in [9.17, 15) is 14.4 Å². The molecule has 2 amide bonds. The highest BCUT2D eigenvalue weighted by atomic mass is 16.5. The third-order valence-corrected chi connectivity index (χ3v) is 7.19. The maximum Gasteiger partial charge on any atom is 0.291 e. The zero-order valence-corrected chi connectivity index (χ0v) is 19.1. The van der Waals surface area contributed by atoms with E-state index in [1.165, 1.54) is 6.42 Å². The summed E-state index contributed by atoms with van der Waals surface area (Å²) in [5, 5.41) is 3.23. The van der Waals surface area contributed by atoms with E-state index < -0.39 is 17.6 Å². The Balaban J connectivity index is 1.48. The molecule has 1 atom stereocenters. The molecule has 7 heteroatoms. The summed E-state index contributed by atoms with van der Waals surface area (Å²) < 4.78 is 5.26. The second-order valence-electron chi connectivity index (χ2n) is 9.38. The molecular formula is C25H35N3O4. The van der Waals surface area contributed by atoms with Crippen molar-refractivity contribution in [1.82, 2.24) is 9.80 Å². The van der Waals surface area contributed by atoms with E-state index in [0.29, 0.717) is 24.8 Å². The number of likely N-dealkylation sites (tertiary alicyclic amines) is 1. The van der Waals surface area contributed by atoms with Crippen molar-refractivity contribution in [2.45, 2.75) is 57.3 Å². The van der Waals surface area contributed by atoms with Gasteiger partial charge in [0.1, 0.15) is 12.3 Å². The average Bonchev–Trinajstić information content (AvgIpc) is 3.27. The van der Waals surface area contributed by atoms with Crippen molar-refractivity contribution in [1.29, 1.82) is 0 Å². The number of fused-ring (bicyclic) bond motifs is 1. The van der Waals surface area contributed by atoms with Gasteiger partial charge < -0.3 is 19.9 Å². The molecule has 1 saturated heterocycles. The molecule has 1 N–H and O–H groups in total. The first-order chi connectivity index (χ1) is 15.6. The van der Waals surface area contributed by atoms with Gasteiger partial charge in [0.15, 0.2) is 0 Å². The predicted octanol–water partition coefficient (Wildman–Crippen LogP) is 3.19. The molecule has 3 aliphatic rings. The van der Waals surface area contributed by atoms with Gasteiger partial charge in [-0.3, -0.25) is 14.4 Å². The lowest BCUT2D eigenvalue weighted by Crippen LogP contribution is -2.49. The number of piperidine rings is 1. The summed E-state index contributed by atoms with van der Waals surface area (Å²) in [5.41, 5.74) is 1.66. The summed E-state index contributed by atoms with van der Waals surface area (Å²) in [6.45, 7) is 2.40. The van der Waals surface area contributed by atoms with Crippen molar-refractivity contribution in [3.63, 3.8) is 0 Å². The summed E-state index contributed by atoms with van der Waals surface area (Å²) in [5.74, 6) is -0.423. The van der Waals surface area contributed by atoms with E-state index in [-0.39, 0.29) is 12.5 Å². The van der Waals surface area contributed by atoms with Gasteiger partial charge >= 0.3 is 0 Å². The Morgan fingerprint density at radius 3 is 2.50 bits per heavy atom. The number of rotatable bonds is 7. The van der Waals surface area contributed by atoms with Gasteiger partial charge in [-0.2, -0.15) is 0 Å². The van der Waals surface area contributed by atoms with Crippen molar-refractivity contribution in [3.05, 3.63) is 23.8 Å². The lowest BCUT2D eigenvalue weighted by atomic mass is 9.88. The van der Waals surface area contributed by atoms with Gasteiger partial charge in [0, 0.05) is 37.9 Å². The van der Waals surface area contributed by atoms with Crippen LogP contribution in [0.15, 0.2) is 18.2 Å². The lowest BCUT2D eigenvalue weighted by molar-refractivity contribution is -0.149. The molecule has 1 aromatic rings. The number of carbonyl (C=O) groups excluding carboxylic acids is 3. The lowest BCUT2D eigenvalue weighted by Gasteiger charge is -2.33. The molecule has 32 heavy (non-hydrogen) atoms. The molecule has 0 bridgehead atoms. The van der Waals surface area contributed by atoms with Crippen LogP contribution in [-0.2, 0) is 14.4 Å². The molecule has 1 aliphatic carbocycles. The van der Waals surface area contributed by atoms with Crippen LogP contribution in [0.3, 0.4) is 0 Å². The third kappa shape index (κ3) is 5.08. The number of Topliss-reactive ketones (excluding diaryl/α,β-unsaturated/α-hetero) is 1. The zero-order chi connectivity index (χ0) is 22.5. The normalized spacial score (nSPS) is 20.9. The van der Waals surface area contributed by atoms with Gasteiger partial charge in [0.2, 0.25) is 11.7 Å². The van der Waals surface area contributed by atoms with E-state index in [4.69, 9.17) is 4.74 Å². The predicted molar refractivity (Wildman–Crippen MR) is 123 cm³/mol. The molecule has 1 unspecified atom stereocenters. The molecule has 0 aromatic heterocycles. The fourth-order valence-corrected chi connectivity index (χ4v) is 5.29. The topological polar surface area (TPSA) is 79.0 Å². The van der Waals surface area contributed by atoms with E-state index >= 15 is 0 Å². The summed E-state index contributed by atoms with van der Waals surface area (Å²) in [6.07, 6.45) is 8.82. The number of ketones is 1. The van der Waals surface area contributed by atoms with Crippen LogP contribution < -0.4 is 10.1 Å². The number of methoxy groups -OCH3 is 1. The Morgan fingerprint density at radius 1 is 1.06 bits per heavy atom. The van der Waals surface area contributed by atoms with Gasteiger partial charge in [-0.25, -0.2) is 0 Å². The number of benzene rings is 1. The first-order valence-electron chi connectivity index (χ1n) is 12.1. The molecule has 1 saturated carbocycles. The summed E-state index contributed by atoms with van der Waals surface area (Å²) >= 11 is 0. The van der Waals surface area contributed by atoms with Crippen LogP contribution >= 0.6 is 0 Å². The van der Waals surface area contributed by atoms with E-state index in [1.807, 2.05) is 23.1 Å². The number of nitrogens with one attached hydrogen (secondary N) is 1. The number of amides is 2.